The van der Waals surface area contributed by atoms with Crippen LogP contribution in [-0.4, -0.2) is 21.6 Å². The molecule has 0 unspecified atom stereocenters. The third-order valence-corrected chi connectivity index (χ3v) is 4.61. The van der Waals surface area contributed by atoms with E-state index in [0.717, 1.165) is 0 Å². The molecule has 5 nitrogen and oxygen atoms in total. The number of anilines is 1. The first-order valence-corrected chi connectivity index (χ1v) is 8.08. The smallest absolute Gasteiger partial charge is 0.242 e. The van der Waals surface area contributed by atoms with Crippen LogP contribution in [0.1, 0.15) is 0 Å². The highest BCUT2D eigenvalue weighted by Crippen LogP contribution is 2.20. The Morgan fingerprint density at radius 3 is 2.62 bits per heavy atom. The van der Waals surface area contributed by atoms with E-state index >= 15 is 0 Å². The Labute approximate surface area is 128 Å². The molecule has 0 fully saturated rings. The molecule has 0 atom stereocenters. The van der Waals surface area contributed by atoms with E-state index in [0.29, 0.717) is 11.4 Å². The van der Waals surface area contributed by atoms with Gasteiger partial charge in [0, 0.05) is 18.3 Å². The third kappa shape index (κ3) is 4.35. The van der Waals surface area contributed by atoms with Gasteiger partial charge < -0.3 is 10.5 Å². The number of rotatable bonds is 6. The van der Waals surface area contributed by atoms with Crippen molar-refractivity contribution in [3.8, 4) is 5.75 Å². The Kier molecular flexibility index (Phi) is 5.06. The van der Waals surface area contributed by atoms with E-state index in [-0.39, 0.29) is 23.1 Å². The molecule has 7 heteroatoms. The Hall–Kier alpha value is -1.76. The summed E-state index contributed by atoms with van der Waals surface area (Å²) in [5.41, 5.74) is 6.21. The minimum absolute atomic E-state index is 0.0515. The average molecular weight is 327 g/mol. The predicted octanol–water partition coefficient (Wildman–Crippen LogP) is 2.28. The van der Waals surface area contributed by atoms with Crippen LogP contribution in [0.4, 0.5) is 5.69 Å². The van der Waals surface area contributed by atoms with Crippen molar-refractivity contribution in [2.45, 2.75) is 4.90 Å². The summed E-state index contributed by atoms with van der Waals surface area (Å²) in [7, 11) is -3.64. The first kappa shape index (κ1) is 15.6. The molecule has 0 aromatic heterocycles. The highest BCUT2D eigenvalue weighted by atomic mass is 35.5. The molecule has 0 bridgehead atoms. The molecule has 0 amide bonds. The van der Waals surface area contributed by atoms with Crippen molar-refractivity contribution >= 4 is 27.3 Å². The molecule has 0 saturated carbocycles. The van der Waals surface area contributed by atoms with Crippen LogP contribution in [-0.2, 0) is 10.0 Å². The molecule has 0 aliphatic heterocycles. The van der Waals surface area contributed by atoms with Gasteiger partial charge in [0.1, 0.15) is 17.3 Å². The zero-order valence-corrected chi connectivity index (χ0v) is 12.7. The summed E-state index contributed by atoms with van der Waals surface area (Å²) in [5.74, 6) is 0.590. The lowest BCUT2D eigenvalue weighted by atomic mass is 10.3. The van der Waals surface area contributed by atoms with Gasteiger partial charge in [-0.1, -0.05) is 29.8 Å². The molecule has 0 heterocycles. The maximum Gasteiger partial charge on any atom is 0.242 e. The quantitative estimate of drug-likeness (QED) is 0.630. The number of benzene rings is 2. The van der Waals surface area contributed by atoms with Gasteiger partial charge >= 0.3 is 0 Å². The van der Waals surface area contributed by atoms with Gasteiger partial charge in [-0.2, -0.15) is 0 Å². The van der Waals surface area contributed by atoms with Crippen LogP contribution >= 0.6 is 11.6 Å². The van der Waals surface area contributed by atoms with Gasteiger partial charge in [0.15, 0.2) is 0 Å². The second kappa shape index (κ2) is 6.80. The standard InChI is InChI=1S/C14H15ClN2O3S/c15-13-6-1-2-7-14(13)21(18,19)17-8-9-20-12-5-3-4-11(16)10-12/h1-7,10,17H,8-9,16H2. The first-order valence-electron chi connectivity index (χ1n) is 6.21. The largest absolute Gasteiger partial charge is 0.492 e. The number of nitrogens with one attached hydrogen (secondary N) is 1. The molecule has 0 spiro atoms. The minimum atomic E-state index is -3.64. The van der Waals surface area contributed by atoms with Gasteiger partial charge in [-0.3, -0.25) is 0 Å². The summed E-state index contributed by atoms with van der Waals surface area (Å²) in [6.07, 6.45) is 0. The normalized spacial score (nSPS) is 11.3. The van der Waals surface area contributed by atoms with E-state index in [2.05, 4.69) is 4.72 Å². The molecule has 112 valence electrons. The van der Waals surface area contributed by atoms with E-state index in [1.807, 2.05) is 0 Å². The molecule has 0 radical (unpaired) electrons. The van der Waals surface area contributed by atoms with Gasteiger partial charge in [-0.05, 0) is 24.3 Å². The molecule has 0 aliphatic carbocycles. The topological polar surface area (TPSA) is 81.4 Å². The monoisotopic (exact) mass is 326 g/mol. The molecule has 3 N–H and O–H groups in total. The summed E-state index contributed by atoms with van der Waals surface area (Å²) in [6, 6.07) is 13.2. The molecule has 21 heavy (non-hydrogen) atoms. The fraction of sp³-hybridized carbons (Fsp3) is 0.143. The third-order valence-electron chi connectivity index (χ3n) is 2.65. The van der Waals surface area contributed by atoms with Crippen molar-refractivity contribution in [3.05, 3.63) is 53.6 Å². The molecule has 0 saturated heterocycles. The van der Waals surface area contributed by atoms with Gasteiger partial charge in [0.25, 0.3) is 0 Å². The number of nitrogen functional groups attached to an aromatic ring is 1. The van der Waals surface area contributed by atoms with Crippen molar-refractivity contribution in [1.82, 2.24) is 4.72 Å². The maximum absolute atomic E-state index is 12.0. The van der Waals surface area contributed by atoms with Crippen LogP contribution in [0.5, 0.6) is 5.75 Å². The predicted molar refractivity (Wildman–Crippen MR) is 83.0 cm³/mol. The first-order chi connectivity index (χ1) is 9.99. The molecular formula is C14H15ClN2O3S. The molecular weight excluding hydrogens is 312 g/mol. The number of hydrogen-bond donors (Lipinski definition) is 2. The van der Waals surface area contributed by atoms with Gasteiger partial charge in [-0.15, -0.1) is 0 Å². The van der Waals surface area contributed by atoms with Crippen molar-refractivity contribution < 1.29 is 13.2 Å². The molecule has 2 rings (SSSR count). The van der Waals surface area contributed by atoms with E-state index in [1.165, 1.54) is 12.1 Å². The average Bonchev–Trinajstić information content (AvgIpc) is 2.44. The summed E-state index contributed by atoms with van der Waals surface area (Å²) < 4.78 is 31.9. The summed E-state index contributed by atoms with van der Waals surface area (Å²) in [5, 5.41) is 0.182. The van der Waals surface area contributed by atoms with Crippen LogP contribution in [0.3, 0.4) is 0 Å². The second-order valence-corrected chi connectivity index (χ2v) is 6.39. The Morgan fingerprint density at radius 2 is 1.90 bits per heavy atom. The summed E-state index contributed by atoms with van der Waals surface area (Å²) >= 11 is 5.87. The van der Waals surface area contributed by atoms with Crippen molar-refractivity contribution in [2.75, 3.05) is 18.9 Å². The number of hydrogen-bond acceptors (Lipinski definition) is 4. The fourth-order valence-electron chi connectivity index (χ4n) is 1.69. The molecule has 2 aromatic carbocycles. The highest BCUT2D eigenvalue weighted by molar-refractivity contribution is 7.89. The van der Waals surface area contributed by atoms with Gasteiger partial charge in [0.05, 0.1) is 5.02 Å². The maximum atomic E-state index is 12.0. The summed E-state index contributed by atoms with van der Waals surface area (Å²) in [4.78, 5) is 0.0515. The highest BCUT2D eigenvalue weighted by Gasteiger charge is 2.16. The van der Waals surface area contributed by atoms with Crippen LogP contribution in [0.15, 0.2) is 53.4 Å². The van der Waals surface area contributed by atoms with Gasteiger partial charge in [0.2, 0.25) is 10.0 Å². The SMILES string of the molecule is Nc1cccc(OCCNS(=O)(=O)c2ccccc2Cl)c1. The zero-order valence-electron chi connectivity index (χ0n) is 11.1. The number of nitrogens with two attached hydrogens (primary N) is 1. The van der Waals surface area contributed by atoms with E-state index < -0.39 is 10.0 Å². The number of ether oxygens (including phenoxy) is 1. The number of sulfonamides is 1. The Balaban J connectivity index is 1.90. The lowest BCUT2D eigenvalue weighted by molar-refractivity contribution is 0.323. The van der Waals surface area contributed by atoms with E-state index in [4.69, 9.17) is 22.1 Å². The molecule has 0 aliphatic rings. The minimum Gasteiger partial charge on any atom is -0.492 e. The zero-order chi connectivity index (χ0) is 15.3. The second-order valence-electron chi connectivity index (χ2n) is 4.25. The van der Waals surface area contributed by atoms with E-state index in [1.54, 1.807) is 36.4 Å². The van der Waals surface area contributed by atoms with Gasteiger partial charge in [-0.25, -0.2) is 13.1 Å². The van der Waals surface area contributed by atoms with Crippen LogP contribution in [0, 0.1) is 0 Å². The van der Waals surface area contributed by atoms with Crippen molar-refractivity contribution in [1.29, 1.82) is 0 Å². The molecule has 2 aromatic rings. The van der Waals surface area contributed by atoms with Crippen LogP contribution in [0.2, 0.25) is 5.02 Å². The van der Waals surface area contributed by atoms with Crippen molar-refractivity contribution in [3.63, 3.8) is 0 Å². The van der Waals surface area contributed by atoms with Crippen LogP contribution in [0.25, 0.3) is 0 Å². The van der Waals surface area contributed by atoms with Crippen LogP contribution < -0.4 is 15.2 Å². The fourth-order valence-corrected chi connectivity index (χ4v) is 3.22. The Morgan fingerprint density at radius 1 is 1.14 bits per heavy atom. The number of halogens is 1. The Bertz CT molecular complexity index is 720. The van der Waals surface area contributed by atoms with E-state index in [9.17, 15) is 8.42 Å². The van der Waals surface area contributed by atoms with Crippen molar-refractivity contribution in [2.24, 2.45) is 0 Å². The lowest BCUT2D eigenvalue weighted by Crippen LogP contribution is -2.28. The lowest BCUT2D eigenvalue weighted by Gasteiger charge is -2.09. The summed E-state index contributed by atoms with van der Waals surface area (Å²) in [6.45, 7) is 0.315.